The first-order valence-corrected chi connectivity index (χ1v) is 14.8. The summed E-state index contributed by atoms with van der Waals surface area (Å²) in [5.74, 6) is 0.697. The number of nitrogens with zero attached hydrogens (tertiary/aromatic N) is 1. The molecule has 0 bridgehead atoms. The number of hydrogen-bond donors (Lipinski definition) is 3. The summed E-state index contributed by atoms with van der Waals surface area (Å²) >= 11 is 0. The first-order chi connectivity index (χ1) is 22.2. The Morgan fingerprint density at radius 1 is 0.891 bits per heavy atom. The average Bonchev–Trinajstić information content (AvgIpc) is 3.04. The van der Waals surface area contributed by atoms with Gasteiger partial charge in [-0.15, -0.1) is 0 Å². The summed E-state index contributed by atoms with van der Waals surface area (Å²) in [5.41, 5.74) is 6.58. The van der Waals surface area contributed by atoms with Crippen LogP contribution in [0.15, 0.2) is 77.0 Å². The number of ether oxygens (including phenoxy) is 5. The highest BCUT2D eigenvalue weighted by Crippen LogP contribution is 2.34. The summed E-state index contributed by atoms with van der Waals surface area (Å²) in [4.78, 5) is 37.3. The lowest BCUT2D eigenvalue weighted by Crippen LogP contribution is -2.45. The van der Waals surface area contributed by atoms with Gasteiger partial charge in [0.2, 0.25) is 0 Å². The van der Waals surface area contributed by atoms with Crippen LogP contribution in [0.1, 0.15) is 49.1 Å². The summed E-state index contributed by atoms with van der Waals surface area (Å²) in [6.07, 6.45) is 1.49. The molecule has 0 aliphatic carbocycles. The van der Waals surface area contributed by atoms with E-state index >= 15 is 0 Å². The second-order valence-corrected chi connectivity index (χ2v) is 10.2. The summed E-state index contributed by atoms with van der Waals surface area (Å²) in [5, 5.41) is 9.37. The van der Waals surface area contributed by atoms with E-state index in [1.165, 1.54) is 18.9 Å². The van der Waals surface area contributed by atoms with Gasteiger partial charge in [0.05, 0.1) is 38.2 Å². The number of hydrazone groups is 1. The number of esters is 1. The molecule has 3 N–H and O–H groups in total. The zero-order valence-electron chi connectivity index (χ0n) is 26.5. The molecular weight excluding hydrogens is 592 g/mol. The van der Waals surface area contributed by atoms with Crippen molar-refractivity contribution < 1.29 is 38.1 Å². The second kappa shape index (κ2) is 16.0. The number of methoxy groups -OCH3 is 1. The molecule has 0 radical (unpaired) electrons. The largest absolute Gasteiger partial charge is 0.493 e. The Kier molecular flexibility index (Phi) is 11.6. The van der Waals surface area contributed by atoms with E-state index in [0.717, 1.165) is 5.56 Å². The smallest absolute Gasteiger partial charge is 0.338 e. The Morgan fingerprint density at radius 3 is 2.35 bits per heavy atom. The molecule has 1 aliphatic rings. The molecule has 0 unspecified atom stereocenters. The van der Waals surface area contributed by atoms with E-state index in [0.29, 0.717) is 47.3 Å². The zero-order chi connectivity index (χ0) is 33.1. The van der Waals surface area contributed by atoms with Gasteiger partial charge in [0.1, 0.15) is 6.61 Å². The van der Waals surface area contributed by atoms with Crippen molar-refractivity contribution in [3.8, 4) is 23.0 Å². The number of allylic oxidation sites excluding steroid dienone is 1. The Bertz CT molecular complexity index is 1620. The number of hydrogen-bond acceptors (Lipinski definition) is 9. The number of nitrogens with one attached hydrogen (secondary N) is 3. The van der Waals surface area contributed by atoms with E-state index in [2.05, 4.69) is 21.2 Å². The third-order valence-corrected chi connectivity index (χ3v) is 6.83. The number of benzene rings is 3. The van der Waals surface area contributed by atoms with Gasteiger partial charge in [0, 0.05) is 5.70 Å². The van der Waals surface area contributed by atoms with Crippen molar-refractivity contribution in [3.63, 3.8) is 0 Å². The van der Waals surface area contributed by atoms with Crippen molar-refractivity contribution in [2.75, 3.05) is 26.9 Å². The summed E-state index contributed by atoms with van der Waals surface area (Å²) in [6.45, 7) is 7.94. The van der Waals surface area contributed by atoms with Gasteiger partial charge in [-0.05, 0) is 74.7 Å². The normalized spacial score (nSPS) is 14.3. The quantitative estimate of drug-likeness (QED) is 0.132. The Balaban J connectivity index is 1.36. The van der Waals surface area contributed by atoms with Gasteiger partial charge in [-0.3, -0.25) is 4.79 Å². The van der Waals surface area contributed by atoms with Crippen molar-refractivity contribution in [3.05, 3.63) is 94.2 Å². The van der Waals surface area contributed by atoms with E-state index < -0.39 is 23.9 Å². The molecule has 0 spiro atoms. The van der Waals surface area contributed by atoms with Crippen molar-refractivity contribution >= 4 is 24.1 Å². The van der Waals surface area contributed by atoms with Gasteiger partial charge >= 0.3 is 12.0 Å². The SMILES string of the molecule is CCOC(=O)C1=C(C)NC(=O)N[C@@H]1c1ccc(OCC(=O)N/N=C\c2ccc(OCc3ccc(C)cc3)c(OCC)c2)c(OC)c1. The molecule has 12 heteroatoms. The average molecular weight is 631 g/mol. The van der Waals surface area contributed by atoms with Crippen LogP contribution in [0.2, 0.25) is 0 Å². The third-order valence-electron chi connectivity index (χ3n) is 6.83. The van der Waals surface area contributed by atoms with Crippen LogP contribution < -0.4 is 35.0 Å². The van der Waals surface area contributed by atoms with Crippen molar-refractivity contribution in [2.24, 2.45) is 5.10 Å². The van der Waals surface area contributed by atoms with Crippen molar-refractivity contribution in [2.45, 2.75) is 40.3 Å². The Hall–Kier alpha value is -5.52. The summed E-state index contributed by atoms with van der Waals surface area (Å²) in [6, 6.07) is 17.1. The molecule has 12 nitrogen and oxygen atoms in total. The van der Waals surface area contributed by atoms with Gasteiger partial charge in [0.25, 0.3) is 5.91 Å². The first-order valence-electron chi connectivity index (χ1n) is 14.8. The molecule has 3 amide bonds. The minimum absolute atomic E-state index is 0.184. The second-order valence-electron chi connectivity index (χ2n) is 10.2. The van der Waals surface area contributed by atoms with Gasteiger partial charge in [0.15, 0.2) is 29.6 Å². The minimum atomic E-state index is -0.773. The van der Waals surface area contributed by atoms with E-state index in [1.807, 2.05) is 38.1 Å². The molecule has 0 saturated heterocycles. The third kappa shape index (κ3) is 8.78. The summed E-state index contributed by atoms with van der Waals surface area (Å²) < 4.78 is 28.0. The molecule has 3 aromatic rings. The van der Waals surface area contributed by atoms with E-state index in [9.17, 15) is 14.4 Å². The highest BCUT2D eigenvalue weighted by atomic mass is 16.5. The van der Waals surface area contributed by atoms with Gasteiger partial charge in [-0.1, -0.05) is 35.9 Å². The van der Waals surface area contributed by atoms with Crippen LogP contribution in [0, 0.1) is 6.92 Å². The molecule has 0 fully saturated rings. The van der Waals surface area contributed by atoms with Crippen LogP contribution in [0.25, 0.3) is 0 Å². The molecule has 1 atom stereocenters. The zero-order valence-corrected chi connectivity index (χ0v) is 26.5. The maximum absolute atomic E-state index is 12.6. The lowest BCUT2D eigenvalue weighted by Gasteiger charge is -2.28. The van der Waals surface area contributed by atoms with E-state index in [-0.39, 0.29) is 24.5 Å². The molecule has 3 aromatic carbocycles. The maximum atomic E-state index is 12.6. The molecule has 1 heterocycles. The molecule has 1 aliphatic heterocycles. The monoisotopic (exact) mass is 630 g/mol. The molecule has 46 heavy (non-hydrogen) atoms. The standard InChI is InChI=1S/C34H38N4O8/c1-6-43-29-16-24(12-14-27(29)45-19-23-10-8-21(3)9-11-23)18-35-38-30(39)20-46-26-15-13-25(17-28(26)42-5)32-31(33(40)44-7-2)22(4)36-34(41)37-32/h8-18,32H,6-7,19-20H2,1-5H3,(H,38,39)(H2,36,37,41)/b35-18-/t32-/m1/s1. The Labute approximate surface area is 267 Å². The summed E-state index contributed by atoms with van der Waals surface area (Å²) in [7, 11) is 1.44. The number of amides is 3. The predicted octanol–water partition coefficient (Wildman–Crippen LogP) is 4.70. The van der Waals surface area contributed by atoms with Crippen LogP contribution in [-0.4, -0.2) is 51.1 Å². The van der Waals surface area contributed by atoms with E-state index in [1.54, 1.807) is 50.2 Å². The minimum Gasteiger partial charge on any atom is -0.493 e. The Morgan fingerprint density at radius 2 is 1.63 bits per heavy atom. The van der Waals surface area contributed by atoms with Crippen LogP contribution in [0.3, 0.4) is 0 Å². The fourth-order valence-corrected chi connectivity index (χ4v) is 4.60. The van der Waals surface area contributed by atoms with E-state index in [4.69, 9.17) is 23.7 Å². The molecular formula is C34H38N4O8. The van der Waals surface area contributed by atoms with Crippen LogP contribution >= 0.6 is 0 Å². The topological polar surface area (TPSA) is 146 Å². The number of carbonyl (C=O) groups is 3. The fraction of sp³-hybridized carbons (Fsp3) is 0.294. The maximum Gasteiger partial charge on any atom is 0.338 e. The van der Waals surface area contributed by atoms with Crippen molar-refractivity contribution in [1.82, 2.24) is 16.1 Å². The highest BCUT2D eigenvalue weighted by Gasteiger charge is 2.32. The number of aryl methyl sites for hydroxylation is 1. The lowest BCUT2D eigenvalue weighted by atomic mass is 9.95. The molecule has 242 valence electrons. The lowest BCUT2D eigenvalue weighted by molar-refractivity contribution is -0.139. The fourth-order valence-electron chi connectivity index (χ4n) is 4.60. The number of rotatable bonds is 14. The molecule has 0 saturated carbocycles. The predicted molar refractivity (Wildman–Crippen MR) is 171 cm³/mol. The van der Waals surface area contributed by atoms with Crippen LogP contribution in [0.5, 0.6) is 23.0 Å². The molecule has 4 rings (SSSR count). The number of urea groups is 1. The van der Waals surface area contributed by atoms with Gasteiger partial charge in [-0.2, -0.15) is 5.10 Å². The van der Waals surface area contributed by atoms with Crippen LogP contribution in [0.4, 0.5) is 4.79 Å². The van der Waals surface area contributed by atoms with Gasteiger partial charge in [-0.25, -0.2) is 15.0 Å². The van der Waals surface area contributed by atoms with Crippen LogP contribution in [-0.2, 0) is 20.9 Å². The first kappa shape index (κ1) is 33.4. The van der Waals surface area contributed by atoms with Gasteiger partial charge < -0.3 is 34.3 Å². The highest BCUT2D eigenvalue weighted by molar-refractivity contribution is 5.95. The number of carbonyl (C=O) groups excluding carboxylic acids is 3. The molecule has 0 aromatic heterocycles. The van der Waals surface area contributed by atoms with Crippen molar-refractivity contribution in [1.29, 1.82) is 0 Å².